The second-order valence-electron chi connectivity index (χ2n) is 5.10. The molecule has 0 aromatic heterocycles. The molecule has 1 fully saturated rings. The molecule has 1 unspecified atom stereocenters. The summed E-state index contributed by atoms with van der Waals surface area (Å²) in [4.78, 5) is 5.71. The van der Waals surface area contributed by atoms with Crippen molar-refractivity contribution in [2.24, 2.45) is 0 Å². The SMILES string of the molecule is COc1ccc(CC(C)NOC2CCCC2)cc1. The molecule has 0 spiro atoms. The lowest BCUT2D eigenvalue weighted by Crippen LogP contribution is -2.31. The van der Waals surface area contributed by atoms with Crippen molar-refractivity contribution in [3.05, 3.63) is 29.8 Å². The largest absolute Gasteiger partial charge is 0.497 e. The first-order valence-electron chi connectivity index (χ1n) is 6.82. The second-order valence-corrected chi connectivity index (χ2v) is 5.10. The fourth-order valence-electron chi connectivity index (χ4n) is 2.38. The molecular weight excluding hydrogens is 226 g/mol. The van der Waals surface area contributed by atoms with Gasteiger partial charge in [-0.05, 0) is 43.9 Å². The molecule has 1 aromatic carbocycles. The highest BCUT2D eigenvalue weighted by Crippen LogP contribution is 2.20. The van der Waals surface area contributed by atoms with E-state index in [2.05, 4.69) is 24.5 Å². The number of hydrogen-bond donors (Lipinski definition) is 1. The average molecular weight is 249 g/mol. The van der Waals surface area contributed by atoms with E-state index in [-0.39, 0.29) is 0 Å². The third-order valence-electron chi connectivity index (χ3n) is 3.44. The molecule has 3 nitrogen and oxygen atoms in total. The van der Waals surface area contributed by atoms with Crippen LogP contribution in [-0.2, 0) is 11.3 Å². The van der Waals surface area contributed by atoms with Gasteiger partial charge < -0.3 is 4.74 Å². The normalized spacial score (nSPS) is 17.9. The maximum absolute atomic E-state index is 5.71. The topological polar surface area (TPSA) is 30.5 Å². The van der Waals surface area contributed by atoms with Gasteiger partial charge in [-0.3, -0.25) is 4.84 Å². The quantitative estimate of drug-likeness (QED) is 0.786. The Labute approximate surface area is 109 Å². The number of ether oxygens (including phenoxy) is 1. The van der Waals surface area contributed by atoms with Crippen molar-refractivity contribution >= 4 is 0 Å². The summed E-state index contributed by atoms with van der Waals surface area (Å²) >= 11 is 0. The van der Waals surface area contributed by atoms with Crippen LogP contribution < -0.4 is 10.2 Å². The average Bonchev–Trinajstić information content (AvgIpc) is 2.90. The molecule has 18 heavy (non-hydrogen) atoms. The number of benzene rings is 1. The summed E-state index contributed by atoms with van der Waals surface area (Å²) in [6, 6.07) is 8.54. The molecule has 1 aliphatic carbocycles. The van der Waals surface area contributed by atoms with E-state index >= 15 is 0 Å². The summed E-state index contributed by atoms with van der Waals surface area (Å²) in [7, 11) is 1.69. The fraction of sp³-hybridized carbons (Fsp3) is 0.600. The smallest absolute Gasteiger partial charge is 0.118 e. The Hall–Kier alpha value is -1.06. The van der Waals surface area contributed by atoms with Gasteiger partial charge in [0, 0.05) is 6.04 Å². The van der Waals surface area contributed by atoms with E-state index < -0.39 is 0 Å². The minimum Gasteiger partial charge on any atom is -0.497 e. The molecule has 1 N–H and O–H groups in total. The monoisotopic (exact) mass is 249 g/mol. The van der Waals surface area contributed by atoms with Gasteiger partial charge >= 0.3 is 0 Å². The van der Waals surface area contributed by atoms with Gasteiger partial charge in [-0.1, -0.05) is 25.0 Å². The predicted molar refractivity (Wildman–Crippen MR) is 72.6 cm³/mol. The van der Waals surface area contributed by atoms with E-state index in [0.717, 1.165) is 12.2 Å². The van der Waals surface area contributed by atoms with Crippen LogP contribution in [0.25, 0.3) is 0 Å². The minimum atomic E-state index is 0.332. The van der Waals surface area contributed by atoms with Crippen molar-refractivity contribution in [3.63, 3.8) is 0 Å². The number of hydroxylamine groups is 1. The molecule has 0 bridgehead atoms. The van der Waals surface area contributed by atoms with Crippen LogP contribution in [0, 0.1) is 0 Å². The molecule has 0 aliphatic heterocycles. The highest BCUT2D eigenvalue weighted by molar-refractivity contribution is 5.27. The maximum Gasteiger partial charge on any atom is 0.118 e. The molecular formula is C15H23NO2. The Balaban J connectivity index is 1.73. The van der Waals surface area contributed by atoms with E-state index in [0.29, 0.717) is 12.1 Å². The van der Waals surface area contributed by atoms with Crippen molar-refractivity contribution in [1.82, 2.24) is 5.48 Å². The van der Waals surface area contributed by atoms with Crippen molar-refractivity contribution in [1.29, 1.82) is 0 Å². The molecule has 3 heteroatoms. The first kappa shape index (κ1) is 13.4. The van der Waals surface area contributed by atoms with Crippen molar-refractivity contribution in [2.75, 3.05) is 7.11 Å². The van der Waals surface area contributed by atoms with Crippen LogP contribution in [0.2, 0.25) is 0 Å². The molecule has 0 saturated heterocycles. The number of nitrogens with one attached hydrogen (secondary N) is 1. The summed E-state index contributed by atoms with van der Waals surface area (Å²) in [6.45, 7) is 2.15. The lowest BCUT2D eigenvalue weighted by atomic mass is 10.1. The Kier molecular flexibility index (Phi) is 5.02. The fourth-order valence-corrected chi connectivity index (χ4v) is 2.38. The highest BCUT2D eigenvalue weighted by atomic mass is 16.7. The summed E-state index contributed by atoms with van der Waals surface area (Å²) in [5.74, 6) is 0.904. The lowest BCUT2D eigenvalue weighted by molar-refractivity contribution is -0.0369. The van der Waals surface area contributed by atoms with Gasteiger partial charge in [-0.25, -0.2) is 0 Å². The van der Waals surface area contributed by atoms with Gasteiger partial charge in [0.25, 0.3) is 0 Å². The van der Waals surface area contributed by atoms with Crippen LogP contribution in [-0.4, -0.2) is 19.3 Å². The Morgan fingerprint density at radius 2 is 1.89 bits per heavy atom. The van der Waals surface area contributed by atoms with Crippen LogP contribution in [0.15, 0.2) is 24.3 Å². The molecule has 2 rings (SSSR count). The number of methoxy groups -OCH3 is 1. The maximum atomic E-state index is 5.71. The van der Waals surface area contributed by atoms with Gasteiger partial charge in [-0.15, -0.1) is 0 Å². The van der Waals surface area contributed by atoms with Crippen LogP contribution in [0.5, 0.6) is 5.75 Å². The van der Waals surface area contributed by atoms with E-state index in [1.54, 1.807) is 7.11 Å². The Morgan fingerprint density at radius 1 is 1.22 bits per heavy atom. The molecule has 1 atom stereocenters. The third kappa shape index (κ3) is 4.00. The van der Waals surface area contributed by atoms with E-state index in [9.17, 15) is 0 Å². The number of rotatable bonds is 6. The van der Waals surface area contributed by atoms with Gasteiger partial charge in [0.15, 0.2) is 0 Å². The van der Waals surface area contributed by atoms with Crippen LogP contribution in [0.3, 0.4) is 0 Å². The van der Waals surface area contributed by atoms with Crippen LogP contribution in [0.1, 0.15) is 38.2 Å². The minimum absolute atomic E-state index is 0.332. The first-order chi connectivity index (χ1) is 8.78. The molecule has 1 aliphatic rings. The standard InChI is InChI=1S/C15H23NO2/c1-12(16-18-15-5-3-4-6-15)11-13-7-9-14(17-2)10-8-13/h7-10,12,15-16H,3-6,11H2,1-2H3. The zero-order valence-electron chi connectivity index (χ0n) is 11.3. The summed E-state index contributed by atoms with van der Waals surface area (Å²) in [6.07, 6.45) is 6.39. The lowest BCUT2D eigenvalue weighted by Gasteiger charge is -2.17. The van der Waals surface area contributed by atoms with Gasteiger partial charge in [0.1, 0.15) is 5.75 Å². The van der Waals surface area contributed by atoms with Crippen LogP contribution in [0.4, 0.5) is 0 Å². The summed E-state index contributed by atoms with van der Waals surface area (Å²) < 4.78 is 5.15. The molecule has 100 valence electrons. The van der Waals surface area contributed by atoms with Crippen LogP contribution >= 0.6 is 0 Å². The van der Waals surface area contributed by atoms with E-state index in [1.165, 1.54) is 31.2 Å². The van der Waals surface area contributed by atoms with Gasteiger partial charge in [0.05, 0.1) is 13.2 Å². The predicted octanol–water partition coefficient (Wildman–Crippen LogP) is 3.09. The van der Waals surface area contributed by atoms with Gasteiger partial charge in [-0.2, -0.15) is 5.48 Å². The van der Waals surface area contributed by atoms with Crippen molar-refractivity contribution < 1.29 is 9.57 Å². The molecule has 0 heterocycles. The molecule has 0 amide bonds. The molecule has 1 aromatic rings. The zero-order chi connectivity index (χ0) is 12.8. The second kappa shape index (κ2) is 6.76. The summed E-state index contributed by atoms with van der Waals surface area (Å²) in [5.41, 5.74) is 4.47. The van der Waals surface area contributed by atoms with E-state index in [1.807, 2.05) is 12.1 Å². The third-order valence-corrected chi connectivity index (χ3v) is 3.44. The van der Waals surface area contributed by atoms with Crippen molar-refractivity contribution in [2.45, 2.75) is 51.2 Å². The summed E-state index contributed by atoms with van der Waals surface area (Å²) in [5, 5.41) is 0. The zero-order valence-corrected chi connectivity index (χ0v) is 11.3. The first-order valence-corrected chi connectivity index (χ1v) is 6.82. The van der Waals surface area contributed by atoms with Crippen molar-refractivity contribution in [3.8, 4) is 5.75 Å². The molecule has 0 radical (unpaired) electrons. The Morgan fingerprint density at radius 3 is 2.50 bits per heavy atom. The Bertz CT molecular complexity index is 344. The van der Waals surface area contributed by atoms with Gasteiger partial charge in [0.2, 0.25) is 0 Å². The van der Waals surface area contributed by atoms with E-state index in [4.69, 9.17) is 9.57 Å². The number of hydrogen-bond acceptors (Lipinski definition) is 3. The molecule has 1 saturated carbocycles. The highest BCUT2D eigenvalue weighted by Gasteiger charge is 2.16.